The lowest BCUT2D eigenvalue weighted by Crippen LogP contribution is -2.62. The van der Waals surface area contributed by atoms with Crippen molar-refractivity contribution in [3.05, 3.63) is 0 Å². The first-order chi connectivity index (χ1) is 12.0. The largest absolute Gasteiger partial charge is 0.341 e. The number of piperazine rings is 1. The van der Waals surface area contributed by atoms with Gasteiger partial charge in [-0.2, -0.15) is 4.31 Å². The maximum absolute atomic E-state index is 13.2. The standard InChI is InChI=1S/C18H31N3O3S/c22-18(14-5-1-2-6-14)20-10-4-9-17(13-20)25(23,24)21-11-15-7-3-8-16(12-21)19-15/h14-17,19H,1-13H2. The van der Waals surface area contributed by atoms with Crippen molar-refractivity contribution in [3.8, 4) is 0 Å². The maximum atomic E-state index is 13.2. The van der Waals surface area contributed by atoms with Gasteiger partial charge in [-0.3, -0.25) is 4.79 Å². The number of fused-ring (bicyclic) bond motifs is 2. The number of sulfonamides is 1. The Bertz CT molecular complexity index is 591. The molecule has 3 atom stereocenters. The molecule has 0 spiro atoms. The van der Waals surface area contributed by atoms with Crippen molar-refractivity contribution in [2.45, 2.75) is 75.1 Å². The van der Waals surface area contributed by atoms with Crippen LogP contribution in [-0.2, 0) is 14.8 Å². The molecule has 1 saturated carbocycles. The van der Waals surface area contributed by atoms with Crippen LogP contribution in [0.3, 0.4) is 0 Å². The van der Waals surface area contributed by atoms with Crippen LogP contribution in [-0.4, -0.2) is 67.0 Å². The van der Waals surface area contributed by atoms with Crippen LogP contribution in [0.25, 0.3) is 0 Å². The van der Waals surface area contributed by atoms with Gasteiger partial charge in [0.25, 0.3) is 0 Å². The highest BCUT2D eigenvalue weighted by Crippen LogP contribution is 2.30. The molecule has 4 aliphatic rings. The molecule has 7 heteroatoms. The van der Waals surface area contributed by atoms with E-state index in [0.717, 1.165) is 51.5 Å². The van der Waals surface area contributed by atoms with E-state index in [1.54, 1.807) is 4.31 Å². The Morgan fingerprint density at radius 3 is 2.20 bits per heavy atom. The molecule has 3 aliphatic heterocycles. The average Bonchev–Trinajstić information content (AvgIpc) is 3.15. The quantitative estimate of drug-likeness (QED) is 0.815. The molecule has 3 saturated heterocycles. The Morgan fingerprint density at radius 1 is 0.840 bits per heavy atom. The second-order valence-electron chi connectivity index (χ2n) is 8.38. The van der Waals surface area contributed by atoms with E-state index in [1.165, 1.54) is 6.42 Å². The summed E-state index contributed by atoms with van der Waals surface area (Å²) in [5.41, 5.74) is 0. The normalized spacial score (nSPS) is 35.0. The van der Waals surface area contributed by atoms with Crippen LogP contribution in [0.1, 0.15) is 57.8 Å². The second-order valence-corrected chi connectivity index (χ2v) is 10.6. The Morgan fingerprint density at radius 2 is 1.52 bits per heavy atom. The lowest BCUT2D eigenvalue weighted by Gasteiger charge is -2.44. The van der Waals surface area contributed by atoms with E-state index in [9.17, 15) is 13.2 Å². The topological polar surface area (TPSA) is 69.7 Å². The number of amides is 1. The summed E-state index contributed by atoms with van der Waals surface area (Å²) in [6.07, 6.45) is 9.06. The molecule has 25 heavy (non-hydrogen) atoms. The minimum absolute atomic E-state index is 0.139. The highest BCUT2D eigenvalue weighted by atomic mass is 32.2. The lowest BCUT2D eigenvalue weighted by molar-refractivity contribution is -0.136. The van der Waals surface area contributed by atoms with Gasteiger partial charge in [-0.25, -0.2) is 8.42 Å². The summed E-state index contributed by atoms with van der Waals surface area (Å²) in [4.78, 5) is 14.6. The van der Waals surface area contributed by atoms with Crippen molar-refractivity contribution >= 4 is 15.9 Å². The first-order valence-electron chi connectivity index (χ1n) is 10.1. The first kappa shape index (κ1) is 17.7. The van der Waals surface area contributed by atoms with E-state index in [1.807, 2.05) is 4.90 Å². The van der Waals surface area contributed by atoms with Crippen molar-refractivity contribution in [2.75, 3.05) is 26.2 Å². The van der Waals surface area contributed by atoms with E-state index < -0.39 is 15.3 Å². The third kappa shape index (κ3) is 3.60. The summed E-state index contributed by atoms with van der Waals surface area (Å²) in [5.74, 6) is 0.342. The fourth-order valence-electron chi connectivity index (χ4n) is 5.20. The Hall–Kier alpha value is -0.660. The SMILES string of the molecule is O=C(C1CCCC1)N1CCCC(S(=O)(=O)N2CC3CCCC(C2)N3)C1. The number of nitrogens with zero attached hydrogens (tertiary/aromatic N) is 2. The van der Waals surface area contributed by atoms with Crippen LogP contribution in [0.2, 0.25) is 0 Å². The number of carbonyl (C=O) groups excluding carboxylic acids is 1. The Labute approximate surface area is 151 Å². The minimum atomic E-state index is -3.32. The molecular formula is C18H31N3O3S. The third-order valence-corrected chi connectivity index (χ3v) is 8.85. The smallest absolute Gasteiger partial charge is 0.225 e. The molecule has 1 aliphatic carbocycles. The van der Waals surface area contributed by atoms with Crippen LogP contribution in [0.4, 0.5) is 0 Å². The molecule has 0 radical (unpaired) electrons. The monoisotopic (exact) mass is 369 g/mol. The van der Waals surface area contributed by atoms with Gasteiger partial charge in [-0.15, -0.1) is 0 Å². The van der Waals surface area contributed by atoms with E-state index in [2.05, 4.69) is 5.32 Å². The highest BCUT2D eigenvalue weighted by Gasteiger charge is 2.42. The summed E-state index contributed by atoms with van der Waals surface area (Å²) in [5, 5.41) is 3.14. The van der Waals surface area contributed by atoms with E-state index in [0.29, 0.717) is 38.1 Å². The van der Waals surface area contributed by atoms with Crippen molar-refractivity contribution in [3.63, 3.8) is 0 Å². The predicted molar refractivity (Wildman–Crippen MR) is 96.6 cm³/mol. The predicted octanol–water partition coefficient (Wildman–Crippen LogP) is 1.32. The fourth-order valence-corrected chi connectivity index (χ4v) is 7.23. The van der Waals surface area contributed by atoms with Gasteiger partial charge in [-0.1, -0.05) is 19.3 Å². The van der Waals surface area contributed by atoms with Gasteiger partial charge in [0.05, 0.1) is 5.25 Å². The van der Waals surface area contributed by atoms with Gasteiger partial charge in [-0.05, 0) is 38.5 Å². The molecule has 0 aromatic rings. The summed E-state index contributed by atoms with van der Waals surface area (Å²) < 4.78 is 28.2. The average molecular weight is 370 g/mol. The molecule has 6 nitrogen and oxygen atoms in total. The molecule has 3 heterocycles. The molecule has 142 valence electrons. The number of rotatable bonds is 3. The van der Waals surface area contributed by atoms with Gasteiger partial charge in [0.2, 0.25) is 15.9 Å². The van der Waals surface area contributed by atoms with Gasteiger partial charge in [0, 0.05) is 44.2 Å². The van der Waals surface area contributed by atoms with Crippen molar-refractivity contribution in [1.82, 2.24) is 14.5 Å². The number of nitrogens with one attached hydrogen (secondary N) is 1. The molecule has 3 unspecified atom stereocenters. The second kappa shape index (κ2) is 7.16. The molecule has 0 aromatic heterocycles. The number of carbonyl (C=O) groups is 1. The molecule has 0 aromatic carbocycles. The van der Waals surface area contributed by atoms with Crippen LogP contribution in [0.5, 0.6) is 0 Å². The summed E-state index contributed by atoms with van der Waals surface area (Å²) in [6, 6.07) is 0.615. The first-order valence-corrected chi connectivity index (χ1v) is 11.6. The van der Waals surface area contributed by atoms with Gasteiger partial charge in [0.1, 0.15) is 0 Å². The van der Waals surface area contributed by atoms with E-state index >= 15 is 0 Å². The zero-order valence-electron chi connectivity index (χ0n) is 15.0. The van der Waals surface area contributed by atoms with Gasteiger partial charge < -0.3 is 10.2 Å². The molecule has 4 fully saturated rings. The summed E-state index contributed by atoms with van der Waals surface area (Å²) in [6.45, 7) is 2.34. The Balaban J connectivity index is 1.43. The van der Waals surface area contributed by atoms with Crippen LogP contribution >= 0.6 is 0 Å². The number of hydrogen-bond donors (Lipinski definition) is 1. The van der Waals surface area contributed by atoms with Crippen LogP contribution in [0.15, 0.2) is 0 Å². The fraction of sp³-hybridized carbons (Fsp3) is 0.944. The molecule has 4 rings (SSSR count). The third-order valence-electron chi connectivity index (χ3n) is 6.60. The van der Waals surface area contributed by atoms with Gasteiger partial charge >= 0.3 is 0 Å². The van der Waals surface area contributed by atoms with E-state index in [-0.39, 0.29) is 11.8 Å². The number of likely N-dealkylation sites (tertiary alicyclic amines) is 1. The zero-order chi connectivity index (χ0) is 17.4. The van der Waals surface area contributed by atoms with Crippen molar-refractivity contribution < 1.29 is 13.2 Å². The molecule has 2 bridgehead atoms. The van der Waals surface area contributed by atoms with Gasteiger partial charge in [0.15, 0.2) is 0 Å². The Kier molecular flexibility index (Phi) is 5.08. The number of hydrogen-bond acceptors (Lipinski definition) is 4. The van der Waals surface area contributed by atoms with Crippen LogP contribution in [0, 0.1) is 5.92 Å². The summed E-state index contributed by atoms with van der Waals surface area (Å²) in [7, 11) is -3.32. The number of piperidine rings is 2. The minimum Gasteiger partial charge on any atom is -0.341 e. The molecule has 1 N–H and O–H groups in total. The van der Waals surface area contributed by atoms with Crippen molar-refractivity contribution in [1.29, 1.82) is 0 Å². The zero-order valence-corrected chi connectivity index (χ0v) is 15.8. The lowest BCUT2D eigenvalue weighted by atomic mass is 9.96. The van der Waals surface area contributed by atoms with Crippen LogP contribution < -0.4 is 5.32 Å². The summed E-state index contributed by atoms with van der Waals surface area (Å²) >= 11 is 0. The van der Waals surface area contributed by atoms with E-state index in [4.69, 9.17) is 0 Å². The molecule has 1 amide bonds. The molecular weight excluding hydrogens is 338 g/mol. The maximum Gasteiger partial charge on any atom is 0.225 e. The van der Waals surface area contributed by atoms with Crippen molar-refractivity contribution in [2.24, 2.45) is 5.92 Å². The highest BCUT2D eigenvalue weighted by molar-refractivity contribution is 7.89.